The van der Waals surface area contributed by atoms with Gasteiger partial charge in [0, 0.05) is 38.8 Å². The maximum absolute atomic E-state index is 6.10. The van der Waals surface area contributed by atoms with Crippen molar-refractivity contribution in [3.05, 3.63) is 0 Å². The van der Waals surface area contributed by atoms with Gasteiger partial charge >= 0.3 is 0 Å². The van der Waals surface area contributed by atoms with Gasteiger partial charge < -0.3 is 15.4 Å². The number of piperidine rings is 1. The molecule has 2 heterocycles. The molecule has 2 aliphatic heterocycles. The van der Waals surface area contributed by atoms with Gasteiger partial charge in [-0.15, -0.1) is 0 Å². The van der Waals surface area contributed by atoms with Crippen molar-refractivity contribution in [3.8, 4) is 0 Å². The second-order valence-electron chi connectivity index (χ2n) is 5.18. The van der Waals surface area contributed by atoms with E-state index in [-0.39, 0.29) is 0 Å². The summed E-state index contributed by atoms with van der Waals surface area (Å²) in [6.45, 7) is 10.9. The van der Waals surface area contributed by atoms with Gasteiger partial charge in [-0.1, -0.05) is 6.92 Å². The Morgan fingerprint density at radius 2 is 1.81 bits per heavy atom. The smallest absolute Gasteiger partial charge is 0.0594 e. The van der Waals surface area contributed by atoms with Crippen molar-refractivity contribution >= 4 is 0 Å². The quantitative estimate of drug-likeness (QED) is 0.736. The first kappa shape index (κ1) is 12.3. The van der Waals surface area contributed by atoms with Crippen LogP contribution in [0.25, 0.3) is 0 Å². The van der Waals surface area contributed by atoms with E-state index in [2.05, 4.69) is 16.7 Å². The van der Waals surface area contributed by atoms with Gasteiger partial charge in [0.2, 0.25) is 0 Å². The van der Waals surface area contributed by atoms with Crippen molar-refractivity contribution in [1.29, 1.82) is 0 Å². The highest BCUT2D eigenvalue weighted by atomic mass is 16.5. The zero-order valence-electron chi connectivity index (χ0n) is 10.4. The van der Waals surface area contributed by atoms with Crippen molar-refractivity contribution in [3.63, 3.8) is 0 Å². The molecule has 0 spiro atoms. The Kier molecular flexibility index (Phi) is 4.58. The third-order valence-electron chi connectivity index (χ3n) is 3.94. The van der Waals surface area contributed by atoms with Crippen LogP contribution in [-0.4, -0.2) is 68.3 Å². The molecular formula is C12H25N3O. The van der Waals surface area contributed by atoms with Crippen molar-refractivity contribution in [1.82, 2.24) is 9.80 Å². The molecule has 2 atom stereocenters. The first-order valence-corrected chi connectivity index (χ1v) is 6.54. The van der Waals surface area contributed by atoms with Crippen molar-refractivity contribution < 1.29 is 4.74 Å². The lowest BCUT2D eigenvalue weighted by Gasteiger charge is -2.36. The number of ether oxygens (including phenoxy) is 1. The molecule has 0 aromatic heterocycles. The molecule has 2 rings (SSSR count). The second-order valence-corrected chi connectivity index (χ2v) is 5.18. The van der Waals surface area contributed by atoms with Crippen LogP contribution in [-0.2, 0) is 4.74 Å². The predicted octanol–water partition coefficient (Wildman–Crippen LogP) is -0.0123. The largest absolute Gasteiger partial charge is 0.379 e. The van der Waals surface area contributed by atoms with Crippen LogP contribution >= 0.6 is 0 Å². The van der Waals surface area contributed by atoms with E-state index >= 15 is 0 Å². The maximum Gasteiger partial charge on any atom is 0.0594 e. The fraction of sp³-hybridized carbons (Fsp3) is 1.00. The van der Waals surface area contributed by atoms with E-state index in [4.69, 9.17) is 10.5 Å². The normalized spacial score (nSPS) is 34.1. The summed E-state index contributed by atoms with van der Waals surface area (Å²) in [6, 6.07) is 0.374. The van der Waals surface area contributed by atoms with E-state index in [0.717, 1.165) is 32.8 Å². The van der Waals surface area contributed by atoms with Gasteiger partial charge in [-0.05, 0) is 18.9 Å². The number of rotatable bonds is 3. The van der Waals surface area contributed by atoms with Crippen LogP contribution in [0.5, 0.6) is 0 Å². The summed E-state index contributed by atoms with van der Waals surface area (Å²) in [4.78, 5) is 5.01. The number of morpholine rings is 1. The molecule has 2 saturated heterocycles. The molecule has 4 nitrogen and oxygen atoms in total. The Labute approximate surface area is 98.7 Å². The molecule has 94 valence electrons. The zero-order chi connectivity index (χ0) is 11.4. The average molecular weight is 227 g/mol. The first-order valence-electron chi connectivity index (χ1n) is 6.54. The third-order valence-corrected chi connectivity index (χ3v) is 3.94. The maximum atomic E-state index is 6.10. The number of nitrogens with two attached hydrogens (primary N) is 1. The molecule has 0 aromatic carbocycles. The van der Waals surface area contributed by atoms with E-state index in [0.29, 0.717) is 12.0 Å². The summed E-state index contributed by atoms with van der Waals surface area (Å²) in [6.07, 6.45) is 1.25. The van der Waals surface area contributed by atoms with Crippen LogP contribution in [0.3, 0.4) is 0 Å². The highest BCUT2D eigenvalue weighted by Gasteiger charge is 2.23. The molecule has 0 radical (unpaired) electrons. The van der Waals surface area contributed by atoms with E-state index < -0.39 is 0 Å². The lowest BCUT2D eigenvalue weighted by atomic mass is 9.94. The van der Waals surface area contributed by atoms with Crippen molar-refractivity contribution in [2.75, 3.05) is 52.5 Å². The summed E-state index contributed by atoms with van der Waals surface area (Å²) in [5.74, 6) is 0.694. The summed E-state index contributed by atoms with van der Waals surface area (Å²) in [7, 11) is 0. The summed E-state index contributed by atoms with van der Waals surface area (Å²) >= 11 is 0. The summed E-state index contributed by atoms with van der Waals surface area (Å²) in [5.41, 5.74) is 6.10. The molecule has 2 aliphatic rings. The molecule has 4 heteroatoms. The molecule has 16 heavy (non-hydrogen) atoms. The molecule has 2 unspecified atom stereocenters. The molecule has 2 fully saturated rings. The Bertz CT molecular complexity index is 206. The minimum atomic E-state index is 0.374. The van der Waals surface area contributed by atoms with Crippen LogP contribution in [0.2, 0.25) is 0 Å². The Hall–Kier alpha value is -0.160. The Balaban J connectivity index is 1.65. The topological polar surface area (TPSA) is 41.7 Å². The minimum Gasteiger partial charge on any atom is -0.379 e. The van der Waals surface area contributed by atoms with E-state index in [1.54, 1.807) is 0 Å². The number of hydrogen-bond donors (Lipinski definition) is 1. The monoisotopic (exact) mass is 227 g/mol. The number of nitrogens with zero attached hydrogens (tertiary/aromatic N) is 2. The van der Waals surface area contributed by atoms with E-state index in [1.807, 2.05) is 0 Å². The molecule has 2 N–H and O–H groups in total. The molecular weight excluding hydrogens is 202 g/mol. The third kappa shape index (κ3) is 3.42. The van der Waals surface area contributed by atoms with Gasteiger partial charge in [0.1, 0.15) is 0 Å². The highest BCUT2D eigenvalue weighted by molar-refractivity contribution is 4.81. The molecule has 0 aromatic rings. The fourth-order valence-electron chi connectivity index (χ4n) is 2.48. The molecule has 0 saturated carbocycles. The predicted molar refractivity (Wildman–Crippen MR) is 65.5 cm³/mol. The highest BCUT2D eigenvalue weighted by Crippen LogP contribution is 2.15. The van der Waals surface area contributed by atoms with Crippen LogP contribution < -0.4 is 5.73 Å². The SMILES string of the molecule is CC1CCN(CCN2CCOCC2)CC1N. The molecule has 0 aliphatic carbocycles. The lowest BCUT2D eigenvalue weighted by molar-refractivity contribution is 0.0308. The van der Waals surface area contributed by atoms with Crippen LogP contribution in [0.15, 0.2) is 0 Å². The van der Waals surface area contributed by atoms with Gasteiger partial charge in [0.25, 0.3) is 0 Å². The van der Waals surface area contributed by atoms with Gasteiger partial charge in [-0.25, -0.2) is 0 Å². The second kappa shape index (κ2) is 5.96. The van der Waals surface area contributed by atoms with Gasteiger partial charge in [-0.3, -0.25) is 4.90 Å². The fourth-order valence-corrected chi connectivity index (χ4v) is 2.48. The van der Waals surface area contributed by atoms with Crippen LogP contribution in [0.4, 0.5) is 0 Å². The van der Waals surface area contributed by atoms with Crippen molar-refractivity contribution in [2.24, 2.45) is 11.7 Å². The first-order chi connectivity index (χ1) is 7.75. The standard InChI is InChI=1S/C12H25N3O/c1-11-2-3-15(10-12(11)13)5-4-14-6-8-16-9-7-14/h11-12H,2-10,13H2,1H3. The summed E-state index contributed by atoms with van der Waals surface area (Å²) in [5, 5.41) is 0. The lowest BCUT2D eigenvalue weighted by Crippen LogP contribution is -2.50. The van der Waals surface area contributed by atoms with Crippen LogP contribution in [0, 0.1) is 5.92 Å². The number of likely N-dealkylation sites (tertiary alicyclic amines) is 1. The van der Waals surface area contributed by atoms with Crippen LogP contribution in [0.1, 0.15) is 13.3 Å². The number of hydrogen-bond acceptors (Lipinski definition) is 4. The van der Waals surface area contributed by atoms with Crippen molar-refractivity contribution in [2.45, 2.75) is 19.4 Å². The molecule has 0 bridgehead atoms. The van der Waals surface area contributed by atoms with E-state index in [9.17, 15) is 0 Å². The van der Waals surface area contributed by atoms with Gasteiger partial charge in [-0.2, -0.15) is 0 Å². The van der Waals surface area contributed by atoms with Gasteiger partial charge in [0.15, 0.2) is 0 Å². The zero-order valence-corrected chi connectivity index (χ0v) is 10.4. The molecule has 0 amide bonds. The van der Waals surface area contributed by atoms with E-state index in [1.165, 1.54) is 26.1 Å². The average Bonchev–Trinajstić information content (AvgIpc) is 2.32. The Morgan fingerprint density at radius 3 is 2.50 bits per heavy atom. The Morgan fingerprint density at radius 1 is 1.12 bits per heavy atom. The summed E-state index contributed by atoms with van der Waals surface area (Å²) < 4.78 is 5.35. The van der Waals surface area contributed by atoms with Gasteiger partial charge in [0.05, 0.1) is 13.2 Å². The minimum absolute atomic E-state index is 0.374.